The number of carbonyl (C=O) groups excluding carboxylic acids is 1. The zero-order chi connectivity index (χ0) is 12.3. The van der Waals surface area contributed by atoms with E-state index in [1.54, 1.807) is 0 Å². The summed E-state index contributed by atoms with van der Waals surface area (Å²) < 4.78 is 5.62. The molecule has 0 fully saturated rings. The van der Waals surface area contributed by atoms with Crippen molar-refractivity contribution in [1.82, 2.24) is 0 Å². The number of nitrogens with two attached hydrogens (primary N) is 1. The van der Waals surface area contributed by atoms with Crippen LogP contribution in [0.5, 0.6) is 5.75 Å². The van der Waals surface area contributed by atoms with Crippen LogP contribution in [0.2, 0.25) is 0 Å². The molecule has 2 rings (SSSR count). The minimum atomic E-state index is -0.517. The summed E-state index contributed by atoms with van der Waals surface area (Å²) in [6.45, 7) is 1.90. The zero-order valence-corrected chi connectivity index (χ0v) is 10.2. The van der Waals surface area contributed by atoms with Crippen LogP contribution < -0.4 is 10.5 Å². The number of hydrogen-bond acceptors (Lipinski definition) is 2. The third-order valence-electron chi connectivity index (χ3n) is 3.29. The van der Waals surface area contributed by atoms with Crippen molar-refractivity contribution in [2.24, 2.45) is 5.73 Å². The predicted octanol–water partition coefficient (Wildman–Crippen LogP) is 2.21. The van der Waals surface area contributed by atoms with E-state index in [2.05, 4.69) is 12.1 Å². The highest BCUT2D eigenvalue weighted by Crippen LogP contribution is 2.26. The summed E-state index contributed by atoms with van der Waals surface area (Å²) >= 11 is 0. The molecule has 3 heteroatoms. The van der Waals surface area contributed by atoms with Gasteiger partial charge >= 0.3 is 0 Å². The molecule has 0 bridgehead atoms. The van der Waals surface area contributed by atoms with Gasteiger partial charge in [-0.1, -0.05) is 13.0 Å². The summed E-state index contributed by atoms with van der Waals surface area (Å²) in [5.74, 6) is 0.363. The van der Waals surface area contributed by atoms with Crippen molar-refractivity contribution >= 4 is 5.91 Å². The number of amides is 1. The van der Waals surface area contributed by atoms with Crippen molar-refractivity contribution in [1.29, 1.82) is 0 Å². The molecule has 0 saturated carbocycles. The second-order valence-corrected chi connectivity index (χ2v) is 4.55. The number of aryl methyl sites for hydroxylation is 2. The van der Waals surface area contributed by atoms with E-state index in [4.69, 9.17) is 10.5 Å². The van der Waals surface area contributed by atoms with Crippen LogP contribution in [0.3, 0.4) is 0 Å². The van der Waals surface area contributed by atoms with Crippen LogP contribution in [-0.4, -0.2) is 12.0 Å². The summed E-state index contributed by atoms with van der Waals surface area (Å²) in [5, 5.41) is 0. The van der Waals surface area contributed by atoms with E-state index in [9.17, 15) is 4.79 Å². The van der Waals surface area contributed by atoms with Gasteiger partial charge in [0.05, 0.1) is 0 Å². The van der Waals surface area contributed by atoms with Gasteiger partial charge in [0.25, 0.3) is 5.91 Å². The minimum absolute atomic E-state index is 0.398. The molecular weight excluding hydrogens is 214 g/mol. The normalized spacial score (nSPS) is 16.1. The number of hydrogen-bond donors (Lipinski definition) is 1. The Bertz CT molecular complexity index is 415. The van der Waals surface area contributed by atoms with Crippen LogP contribution in [0, 0.1) is 0 Å². The maximum absolute atomic E-state index is 11.1. The van der Waals surface area contributed by atoms with Crippen molar-refractivity contribution in [3.8, 4) is 5.75 Å². The Morgan fingerprint density at radius 1 is 1.35 bits per heavy atom. The van der Waals surface area contributed by atoms with Crippen LogP contribution in [0.1, 0.15) is 37.3 Å². The van der Waals surface area contributed by atoms with Crippen LogP contribution in [0.4, 0.5) is 0 Å². The Morgan fingerprint density at radius 2 is 2.06 bits per heavy atom. The lowest BCUT2D eigenvalue weighted by molar-refractivity contribution is -0.124. The topological polar surface area (TPSA) is 52.3 Å². The van der Waals surface area contributed by atoms with Gasteiger partial charge in [-0.25, -0.2) is 0 Å². The second kappa shape index (κ2) is 5.21. The van der Waals surface area contributed by atoms with Gasteiger partial charge in [0.15, 0.2) is 6.10 Å². The molecule has 1 atom stereocenters. The van der Waals surface area contributed by atoms with Gasteiger partial charge in [0, 0.05) is 0 Å². The van der Waals surface area contributed by atoms with Crippen molar-refractivity contribution in [2.45, 2.75) is 45.1 Å². The molecule has 0 aromatic heterocycles. The standard InChI is InChI=1S/C14H19NO2/c1-2-13(14(15)16)17-12-8-7-10-5-3-4-6-11(10)9-12/h7-9,13H,2-6H2,1H3,(H2,15,16)/t13-/m1/s1. The van der Waals surface area contributed by atoms with Crippen LogP contribution in [-0.2, 0) is 17.6 Å². The summed E-state index contributed by atoms with van der Waals surface area (Å²) in [6.07, 6.45) is 4.86. The van der Waals surface area contributed by atoms with Gasteiger partial charge in [0.2, 0.25) is 0 Å². The van der Waals surface area contributed by atoms with Crippen LogP contribution >= 0.6 is 0 Å². The van der Waals surface area contributed by atoms with E-state index in [0.29, 0.717) is 6.42 Å². The quantitative estimate of drug-likeness (QED) is 0.866. The van der Waals surface area contributed by atoms with Crippen molar-refractivity contribution < 1.29 is 9.53 Å². The summed E-state index contributed by atoms with van der Waals surface area (Å²) in [4.78, 5) is 11.1. The molecular formula is C14H19NO2. The molecule has 1 aliphatic carbocycles. The van der Waals surface area contributed by atoms with Gasteiger partial charge in [-0.2, -0.15) is 0 Å². The van der Waals surface area contributed by atoms with Crippen molar-refractivity contribution in [3.05, 3.63) is 29.3 Å². The Morgan fingerprint density at radius 3 is 2.71 bits per heavy atom. The summed E-state index contributed by atoms with van der Waals surface area (Å²) in [5.41, 5.74) is 8.04. The van der Waals surface area contributed by atoms with Crippen LogP contribution in [0.15, 0.2) is 18.2 Å². The summed E-state index contributed by atoms with van der Waals surface area (Å²) in [6, 6.07) is 6.10. The first kappa shape index (κ1) is 12.0. The fraction of sp³-hybridized carbons (Fsp3) is 0.500. The molecule has 1 aromatic carbocycles. The van der Waals surface area contributed by atoms with Crippen LogP contribution in [0.25, 0.3) is 0 Å². The molecule has 92 valence electrons. The van der Waals surface area contributed by atoms with Gasteiger partial charge in [0.1, 0.15) is 5.75 Å². The molecule has 1 aliphatic rings. The Hall–Kier alpha value is -1.51. The monoisotopic (exact) mass is 233 g/mol. The fourth-order valence-electron chi connectivity index (χ4n) is 2.29. The number of benzene rings is 1. The third-order valence-corrected chi connectivity index (χ3v) is 3.29. The lowest BCUT2D eigenvalue weighted by atomic mass is 9.92. The zero-order valence-electron chi connectivity index (χ0n) is 10.2. The highest BCUT2D eigenvalue weighted by atomic mass is 16.5. The number of ether oxygens (including phenoxy) is 1. The van der Waals surface area contributed by atoms with E-state index >= 15 is 0 Å². The van der Waals surface area contributed by atoms with Crippen molar-refractivity contribution in [3.63, 3.8) is 0 Å². The number of primary amides is 1. The van der Waals surface area contributed by atoms with E-state index < -0.39 is 12.0 Å². The molecule has 0 radical (unpaired) electrons. The van der Waals surface area contributed by atoms with E-state index in [1.807, 2.05) is 13.0 Å². The average molecular weight is 233 g/mol. The number of carbonyl (C=O) groups is 1. The maximum atomic E-state index is 11.1. The minimum Gasteiger partial charge on any atom is -0.481 e. The Kier molecular flexibility index (Phi) is 3.67. The second-order valence-electron chi connectivity index (χ2n) is 4.55. The average Bonchev–Trinajstić information content (AvgIpc) is 2.35. The Balaban J connectivity index is 2.14. The molecule has 3 nitrogen and oxygen atoms in total. The van der Waals surface area contributed by atoms with Crippen molar-refractivity contribution in [2.75, 3.05) is 0 Å². The first-order valence-corrected chi connectivity index (χ1v) is 6.28. The maximum Gasteiger partial charge on any atom is 0.258 e. The third kappa shape index (κ3) is 2.78. The molecule has 2 N–H and O–H groups in total. The van der Waals surface area contributed by atoms with Gasteiger partial charge in [-0.3, -0.25) is 4.79 Å². The fourth-order valence-corrected chi connectivity index (χ4v) is 2.29. The molecule has 0 saturated heterocycles. The Labute approximate surface area is 102 Å². The van der Waals surface area contributed by atoms with E-state index in [-0.39, 0.29) is 0 Å². The van der Waals surface area contributed by atoms with Gasteiger partial charge in [-0.05, 0) is 55.4 Å². The van der Waals surface area contributed by atoms with Gasteiger partial charge < -0.3 is 10.5 Å². The summed E-state index contributed by atoms with van der Waals surface area (Å²) in [7, 11) is 0. The van der Waals surface area contributed by atoms with E-state index in [0.717, 1.165) is 18.6 Å². The highest BCUT2D eigenvalue weighted by molar-refractivity contribution is 5.79. The highest BCUT2D eigenvalue weighted by Gasteiger charge is 2.16. The van der Waals surface area contributed by atoms with Gasteiger partial charge in [-0.15, -0.1) is 0 Å². The molecule has 17 heavy (non-hydrogen) atoms. The molecule has 1 aromatic rings. The number of fused-ring (bicyclic) bond motifs is 1. The lowest BCUT2D eigenvalue weighted by Crippen LogP contribution is -2.33. The molecule has 1 amide bonds. The molecule has 0 unspecified atom stereocenters. The molecule has 0 aliphatic heterocycles. The SMILES string of the molecule is CC[C@@H](Oc1ccc2c(c1)CCCC2)C(N)=O. The first-order valence-electron chi connectivity index (χ1n) is 6.28. The molecule has 0 spiro atoms. The molecule has 0 heterocycles. The predicted molar refractivity (Wildman–Crippen MR) is 67.0 cm³/mol. The smallest absolute Gasteiger partial charge is 0.258 e. The largest absolute Gasteiger partial charge is 0.481 e. The lowest BCUT2D eigenvalue weighted by Gasteiger charge is -2.19. The van der Waals surface area contributed by atoms with E-state index in [1.165, 1.54) is 24.0 Å². The number of rotatable bonds is 4. The first-order chi connectivity index (χ1) is 8.20.